The maximum atomic E-state index is 11.2. The number of nitrogens with zero attached hydrogens (tertiary/aromatic N) is 3. The van der Waals surface area contributed by atoms with E-state index in [2.05, 4.69) is 15.3 Å². The molecule has 0 saturated carbocycles. The number of carboxylic acids is 1. The number of carbonyl (C=O) groups is 1. The molecular weight excluding hydrogens is 340 g/mol. The highest BCUT2D eigenvalue weighted by Crippen LogP contribution is 2.31. The van der Waals surface area contributed by atoms with Gasteiger partial charge in [-0.1, -0.05) is 17.7 Å². The lowest BCUT2D eigenvalue weighted by Gasteiger charge is -2.11. The number of benzene rings is 2. The Morgan fingerprint density at radius 3 is 2.84 bits per heavy atom. The summed E-state index contributed by atoms with van der Waals surface area (Å²) in [5, 5.41) is 13.9. The van der Waals surface area contributed by atoms with Crippen molar-refractivity contribution in [1.29, 1.82) is 0 Å². The summed E-state index contributed by atoms with van der Waals surface area (Å²) in [6.45, 7) is 0. The first-order valence-corrected chi connectivity index (χ1v) is 7.91. The van der Waals surface area contributed by atoms with Gasteiger partial charge in [0.1, 0.15) is 11.0 Å². The van der Waals surface area contributed by atoms with Gasteiger partial charge in [-0.2, -0.15) is 0 Å². The van der Waals surface area contributed by atoms with E-state index < -0.39 is 5.97 Å². The van der Waals surface area contributed by atoms with Crippen molar-refractivity contribution >= 4 is 51.0 Å². The molecule has 0 unspecified atom stereocenters. The molecule has 0 aliphatic rings. The van der Waals surface area contributed by atoms with Crippen LogP contribution >= 0.6 is 11.6 Å². The van der Waals surface area contributed by atoms with Crippen LogP contribution in [-0.2, 0) is 7.05 Å². The summed E-state index contributed by atoms with van der Waals surface area (Å²) in [6, 6.07) is 12.2. The number of aryl methyl sites for hydroxylation is 1. The Morgan fingerprint density at radius 2 is 2.08 bits per heavy atom. The average Bonchev–Trinajstić information content (AvgIpc) is 2.97. The molecule has 0 aliphatic heterocycles. The second kappa shape index (κ2) is 5.75. The van der Waals surface area contributed by atoms with Crippen LogP contribution in [0.15, 0.2) is 48.8 Å². The van der Waals surface area contributed by atoms with E-state index in [0.717, 1.165) is 22.1 Å². The van der Waals surface area contributed by atoms with Crippen molar-refractivity contribution in [3.8, 4) is 0 Å². The summed E-state index contributed by atoms with van der Waals surface area (Å²) in [4.78, 5) is 20.3. The molecule has 4 aromatic rings. The van der Waals surface area contributed by atoms with E-state index in [1.807, 2.05) is 23.7 Å². The molecule has 0 fully saturated rings. The average molecular weight is 353 g/mol. The molecule has 7 heteroatoms. The van der Waals surface area contributed by atoms with Crippen molar-refractivity contribution in [2.75, 3.05) is 5.32 Å². The first-order valence-electron chi connectivity index (χ1n) is 7.53. The highest BCUT2D eigenvalue weighted by molar-refractivity contribution is 6.30. The van der Waals surface area contributed by atoms with E-state index in [0.29, 0.717) is 16.4 Å². The number of halogens is 1. The number of pyridine rings is 1. The molecule has 124 valence electrons. The van der Waals surface area contributed by atoms with Gasteiger partial charge in [0.05, 0.1) is 17.4 Å². The second-order valence-electron chi connectivity index (χ2n) is 5.69. The van der Waals surface area contributed by atoms with Gasteiger partial charge in [-0.05, 0) is 36.4 Å². The molecule has 2 aromatic heterocycles. The number of imidazole rings is 1. The Hall–Kier alpha value is -3.12. The van der Waals surface area contributed by atoms with Crippen LogP contribution < -0.4 is 5.32 Å². The molecular formula is C18H13ClN4O2. The maximum Gasteiger partial charge on any atom is 0.335 e. The Morgan fingerprint density at radius 1 is 1.24 bits per heavy atom. The Balaban J connectivity index is 1.96. The van der Waals surface area contributed by atoms with Crippen LogP contribution in [0.1, 0.15) is 10.4 Å². The number of hydrogen-bond acceptors (Lipinski definition) is 4. The van der Waals surface area contributed by atoms with Gasteiger partial charge in [-0.25, -0.2) is 14.8 Å². The van der Waals surface area contributed by atoms with Crippen LogP contribution in [0.3, 0.4) is 0 Å². The lowest BCUT2D eigenvalue weighted by Crippen LogP contribution is -2.00. The molecule has 0 radical (unpaired) electrons. The fraction of sp³-hybridized carbons (Fsp3) is 0.0556. The van der Waals surface area contributed by atoms with Crippen LogP contribution in [-0.4, -0.2) is 25.6 Å². The monoisotopic (exact) mass is 352 g/mol. The minimum absolute atomic E-state index is 0.184. The van der Waals surface area contributed by atoms with E-state index in [4.69, 9.17) is 11.6 Å². The minimum Gasteiger partial charge on any atom is -0.478 e. The molecule has 4 rings (SSSR count). The molecule has 25 heavy (non-hydrogen) atoms. The summed E-state index contributed by atoms with van der Waals surface area (Å²) in [7, 11) is 1.89. The summed E-state index contributed by atoms with van der Waals surface area (Å²) in [6.07, 6.45) is 1.71. The molecule has 0 saturated heterocycles. The zero-order valence-corrected chi connectivity index (χ0v) is 13.9. The van der Waals surface area contributed by atoms with E-state index in [9.17, 15) is 9.90 Å². The van der Waals surface area contributed by atoms with Crippen molar-refractivity contribution in [2.45, 2.75) is 0 Å². The molecule has 6 nitrogen and oxygen atoms in total. The van der Waals surface area contributed by atoms with Crippen LogP contribution in [0.25, 0.3) is 21.9 Å². The Kier molecular flexibility index (Phi) is 3.54. The van der Waals surface area contributed by atoms with Gasteiger partial charge in [-0.3, -0.25) is 0 Å². The van der Waals surface area contributed by atoms with Crippen LogP contribution in [0.4, 0.5) is 11.5 Å². The first kappa shape index (κ1) is 15.4. The van der Waals surface area contributed by atoms with Gasteiger partial charge in [0.15, 0.2) is 5.82 Å². The number of anilines is 2. The summed E-state index contributed by atoms with van der Waals surface area (Å²) in [5.41, 5.74) is 3.13. The lowest BCUT2D eigenvalue weighted by atomic mass is 10.1. The predicted octanol–water partition coefficient (Wildman–Crippen LogP) is 4.22. The normalized spacial score (nSPS) is 11.1. The first-order chi connectivity index (χ1) is 12.0. The number of aromatic nitrogens is 3. The number of nitrogens with one attached hydrogen (secondary N) is 1. The van der Waals surface area contributed by atoms with E-state index in [-0.39, 0.29) is 5.56 Å². The maximum absolute atomic E-state index is 11.2. The van der Waals surface area contributed by atoms with Gasteiger partial charge in [0.2, 0.25) is 0 Å². The molecule has 2 aromatic carbocycles. The summed E-state index contributed by atoms with van der Waals surface area (Å²) >= 11 is 6.05. The van der Waals surface area contributed by atoms with Gasteiger partial charge >= 0.3 is 5.97 Å². The van der Waals surface area contributed by atoms with Gasteiger partial charge < -0.3 is 15.0 Å². The van der Waals surface area contributed by atoms with E-state index in [1.54, 1.807) is 36.7 Å². The van der Waals surface area contributed by atoms with Gasteiger partial charge in [-0.15, -0.1) is 0 Å². The Labute approximate surface area is 147 Å². The molecule has 0 bridgehead atoms. The van der Waals surface area contributed by atoms with Crippen LogP contribution in [0.5, 0.6) is 0 Å². The van der Waals surface area contributed by atoms with Crippen molar-refractivity contribution < 1.29 is 9.90 Å². The summed E-state index contributed by atoms with van der Waals surface area (Å²) < 4.78 is 1.87. The number of hydrogen-bond donors (Lipinski definition) is 2. The molecule has 2 heterocycles. The number of rotatable bonds is 3. The smallest absolute Gasteiger partial charge is 0.335 e. The van der Waals surface area contributed by atoms with Crippen molar-refractivity contribution in [3.05, 3.63) is 59.4 Å². The third kappa shape index (κ3) is 2.66. The molecule has 0 aliphatic carbocycles. The van der Waals surface area contributed by atoms with Gasteiger partial charge in [0.25, 0.3) is 0 Å². The van der Waals surface area contributed by atoms with Crippen molar-refractivity contribution in [1.82, 2.24) is 14.5 Å². The van der Waals surface area contributed by atoms with Gasteiger partial charge in [0, 0.05) is 23.1 Å². The number of aromatic carboxylic acids is 1. The van der Waals surface area contributed by atoms with E-state index in [1.165, 1.54) is 0 Å². The highest BCUT2D eigenvalue weighted by atomic mass is 35.5. The fourth-order valence-corrected chi connectivity index (χ4v) is 3.02. The molecule has 0 atom stereocenters. The standard InChI is InChI=1S/C18H13ClN4O2/c1-23-9-20-15-13-6-5-10(18(24)25)7-14(13)22-17(16(15)23)21-12-4-2-3-11(19)8-12/h2-9H,1H3,(H,21,22)(H,24,25). The number of carboxylic acid groups (broad SMARTS) is 1. The quantitative estimate of drug-likeness (QED) is 0.577. The molecule has 2 N–H and O–H groups in total. The SMILES string of the molecule is Cn1cnc2c3ccc(C(=O)O)cc3nc(Nc3cccc(Cl)c3)c21. The largest absolute Gasteiger partial charge is 0.478 e. The number of fused-ring (bicyclic) bond motifs is 3. The van der Waals surface area contributed by atoms with Crippen molar-refractivity contribution in [2.24, 2.45) is 7.05 Å². The molecule has 0 amide bonds. The van der Waals surface area contributed by atoms with Crippen molar-refractivity contribution in [3.63, 3.8) is 0 Å². The third-order valence-corrected chi connectivity index (χ3v) is 4.22. The summed E-state index contributed by atoms with van der Waals surface area (Å²) in [5.74, 6) is -0.401. The zero-order chi connectivity index (χ0) is 17.6. The topological polar surface area (TPSA) is 80.0 Å². The lowest BCUT2D eigenvalue weighted by molar-refractivity contribution is 0.0697. The minimum atomic E-state index is -0.992. The predicted molar refractivity (Wildman–Crippen MR) is 97.7 cm³/mol. The fourth-order valence-electron chi connectivity index (χ4n) is 2.83. The van der Waals surface area contributed by atoms with Crippen LogP contribution in [0, 0.1) is 0 Å². The third-order valence-electron chi connectivity index (χ3n) is 3.98. The van der Waals surface area contributed by atoms with Crippen LogP contribution in [0.2, 0.25) is 5.02 Å². The van der Waals surface area contributed by atoms with E-state index >= 15 is 0 Å². The second-order valence-corrected chi connectivity index (χ2v) is 6.12. The highest BCUT2D eigenvalue weighted by Gasteiger charge is 2.15. The Bertz CT molecular complexity index is 1140. The zero-order valence-electron chi connectivity index (χ0n) is 13.2. The molecule has 0 spiro atoms.